The smallest absolute Gasteiger partial charge is 0.337 e. The summed E-state index contributed by atoms with van der Waals surface area (Å²) in [7, 11) is 1.24. The first-order valence-corrected chi connectivity index (χ1v) is 6.34. The van der Waals surface area contributed by atoms with E-state index in [1.165, 1.54) is 24.1 Å². The highest BCUT2D eigenvalue weighted by molar-refractivity contribution is 6.08. The van der Waals surface area contributed by atoms with E-state index in [0.717, 1.165) is 0 Å². The molecule has 1 aromatic rings. The van der Waals surface area contributed by atoms with Crippen molar-refractivity contribution in [1.82, 2.24) is 4.90 Å². The number of phenolic OH excluding ortho intramolecular Hbond substituents is 1. The second kappa shape index (κ2) is 6.27. The molecule has 0 radical (unpaired) electrons. The van der Waals surface area contributed by atoms with E-state index in [2.05, 4.69) is 10.1 Å². The summed E-state index contributed by atoms with van der Waals surface area (Å²) in [4.78, 5) is 25.4. The van der Waals surface area contributed by atoms with Gasteiger partial charge in [0, 0.05) is 18.3 Å². The SMILES string of the molecule is COC(=O)C1=C(Nc2cccc(O)c2)C(=O)N(CCO)C1. The van der Waals surface area contributed by atoms with E-state index in [-0.39, 0.29) is 36.7 Å². The molecule has 1 aliphatic heterocycles. The molecule has 0 unspecified atom stereocenters. The molecule has 0 aliphatic carbocycles. The normalized spacial score (nSPS) is 14.6. The van der Waals surface area contributed by atoms with E-state index in [0.29, 0.717) is 5.69 Å². The van der Waals surface area contributed by atoms with Gasteiger partial charge in [0.15, 0.2) is 0 Å². The number of aliphatic hydroxyl groups is 1. The van der Waals surface area contributed by atoms with Crippen LogP contribution in [0.4, 0.5) is 5.69 Å². The Bertz CT molecular complexity index is 597. The summed E-state index contributed by atoms with van der Waals surface area (Å²) in [6.07, 6.45) is 0. The summed E-state index contributed by atoms with van der Waals surface area (Å²) in [5.74, 6) is -0.961. The summed E-state index contributed by atoms with van der Waals surface area (Å²) in [5, 5.41) is 21.2. The third-order valence-corrected chi connectivity index (χ3v) is 3.07. The van der Waals surface area contributed by atoms with Crippen molar-refractivity contribution in [3.63, 3.8) is 0 Å². The Morgan fingerprint density at radius 3 is 2.86 bits per heavy atom. The van der Waals surface area contributed by atoms with Gasteiger partial charge in [-0.3, -0.25) is 4.79 Å². The van der Waals surface area contributed by atoms with Crippen LogP contribution in [0.3, 0.4) is 0 Å². The Balaban J connectivity index is 2.30. The highest BCUT2D eigenvalue weighted by Crippen LogP contribution is 2.24. The molecule has 1 aromatic carbocycles. The predicted octanol–water partition coefficient (Wildman–Crippen LogP) is 0.0657. The molecule has 0 fully saturated rings. The number of hydrogen-bond donors (Lipinski definition) is 3. The van der Waals surface area contributed by atoms with E-state index < -0.39 is 11.9 Å². The molecule has 1 heterocycles. The van der Waals surface area contributed by atoms with E-state index in [1.54, 1.807) is 12.1 Å². The molecule has 1 amide bonds. The summed E-state index contributed by atoms with van der Waals surface area (Å²) >= 11 is 0. The number of nitrogens with zero attached hydrogens (tertiary/aromatic N) is 1. The topological polar surface area (TPSA) is 99.1 Å². The van der Waals surface area contributed by atoms with E-state index >= 15 is 0 Å². The molecule has 0 bridgehead atoms. The first kappa shape index (κ1) is 14.9. The number of ether oxygens (including phenoxy) is 1. The van der Waals surface area contributed by atoms with Crippen LogP contribution in [0, 0.1) is 0 Å². The van der Waals surface area contributed by atoms with Gasteiger partial charge in [-0.1, -0.05) is 6.07 Å². The lowest BCUT2D eigenvalue weighted by Crippen LogP contribution is -2.31. The number of carbonyl (C=O) groups is 2. The number of amides is 1. The number of carbonyl (C=O) groups excluding carboxylic acids is 2. The zero-order valence-electron chi connectivity index (χ0n) is 11.5. The maximum atomic E-state index is 12.2. The van der Waals surface area contributed by atoms with Crippen LogP contribution in [0.15, 0.2) is 35.5 Å². The molecular weight excluding hydrogens is 276 g/mol. The van der Waals surface area contributed by atoms with Crippen molar-refractivity contribution >= 4 is 17.6 Å². The number of phenols is 1. The monoisotopic (exact) mass is 292 g/mol. The number of esters is 1. The molecule has 21 heavy (non-hydrogen) atoms. The average molecular weight is 292 g/mol. The maximum absolute atomic E-state index is 12.2. The number of rotatable bonds is 5. The number of aromatic hydroxyl groups is 1. The molecule has 2 rings (SSSR count). The number of methoxy groups -OCH3 is 1. The highest BCUT2D eigenvalue weighted by Gasteiger charge is 2.34. The third-order valence-electron chi connectivity index (χ3n) is 3.07. The second-order valence-electron chi connectivity index (χ2n) is 4.47. The van der Waals surface area contributed by atoms with Gasteiger partial charge in [0.25, 0.3) is 5.91 Å². The van der Waals surface area contributed by atoms with Crippen molar-refractivity contribution in [3.05, 3.63) is 35.5 Å². The van der Waals surface area contributed by atoms with Gasteiger partial charge in [-0.15, -0.1) is 0 Å². The Hall–Kier alpha value is -2.54. The number of nitrogens with one attached hydrogen (secondary N) is 1. The molecule has 0 aromatic heterocycles. The fraction of sp³-hybridized carbons (Fsp3) is 0.286. The van der Waals surface area contributed by atoms with Crippen molar-refractivity contribution in [2.45, 2.75) is 0 Å². The number of β-amino-alcohol motifs (C(OH)–C–C–N with tert-alkyl or cyclic N) is 1. The van der Waals surface area contributed by atoms with Crippen LogP contribution in [0.1, 0.15) is 0 Å². The van der Waals surface area contributed by atoms with Gasteiger partial charge in [0.1, 0.15) is 11.4 Å². The van der Waals surface area contributed by atoms with Crippen LogP contribution in [0.25, 0.3) is 0 Å². The van der Waals surface area contributed by atoms with Gasteiger partial charge in [0.2, 0.25) is 0 Å². The molecule has 1 aliphatic rings. The average Bonchev–Trinajstić information content (AvgIpc) is 2.76. The van der Waals surface area contributed by atoms with Gasteiger partial charge >= 0.3 is 5.97 Å². The zero-order valence-corrected chi connectivity index (χ0v) is 11.5. The van der Waals surface area contributed by atoms with Crippen molar-refractivity contribution < 1.29 is 24.5 Å². The number of benzene rings is 1. The zero-order chi connectivity index (χ0) is 15.4. The fourth-order valence-corrected chi connectivity index (χ4v) is 2.08. The number of aliphatic hydroxyl groups excluding tert-OH is 1. The van der Waals surface area contributed by atoms with Crippen LogP contribution >= 0.6 is 0 Å². The second-order valence-corrected chi connectivity index (χ2v) is 4.47. The summed E-state index contributed by atoms with van der Waals surface area (Å²) in [6, 6.07) is 6.20. The van der Waals surface area contributed by atoms with Gasteiger partial charge in [0.05, 0.1) is 25.8 Å². The molecule has 0 spiro atoms. The minimum atomic E-state index is -0.605. The molecular formula is C14H16N2O5. The highest BCUT2D eigenvalue weighted by atomic mass is 16.5. The van der Waals surface area contributed by atoms with Crippen LogP contribution < -0.4 is 5.32 Å². The van der Waals surface area contributed by atoms with E-state index in [4.69, 9.17) is 5.11 Å². The maximum Gasteiger partial charge on any atom is 0.337 e. The Labute approximate surface area is 121 Å². The van der Waals surface area contributed by atoms with E-state index in [1.807, 2.05) is 0 Å². The summed E-state index contributed by atoms with van der Waals surface area (Å²) in [6.45, 7) is 0.0113. The largest absolute Gasteiger partial charge is 0.508 e. The molecule has 7 nitrogen and oxygen atoms in total. The molecule has 0 atom stereocenters. The minimum Gasteiger partial charge on any atom is -0.508 e. The number of anilines is 1. The Morgan fingerprint density at radius 1 is 1.48 bits per heavy atom. The van der Waals surface area contributed by atoms with Crippen molar-refractivity contribution in [1.29, 1.82) is 0 Å². The standard InChI is InChI=1S/C14H16N2O5/c1-21-14(20)11-8-16(5-6-17)13(19)12(11)15-9-3-2-4-10(18)7-9/h2-4,7,15,17-18H,5-6,8H2,1H3. The lowest BCUT2D eigenvalue weighted by Gasteiger charge is -2.15. The first-order valence-electron chi connectivity index (χ1n) is 6.34. The molecule has 3 N–H and O–H groups in total. The fourth-order valence-electron chi connectivity index (χ4n) is 2.08. The van der Waals surface area contributed by atoms with E-state index in [9.17, 15) is 14.7 Å². The Kier molecular flexibility index (Phi) is 4.44. The summed E-state index contributed by atoms with van der Waals surface area (Å²) in [5.41, 5.74) is 0.769. The number of hydrogen-bond acceptors (Lipinski definition) is 6. The van der Waals surface area contributed by atoms with Crippen molar-refractivity contribution in [2.75, 3.05) is 32.1 Å². The van der Waals surface area contributed by atoms with Crippen LogP contribution in [-0.2, 0) is 14.3 Å². The minimum absolute atomic E-state index is 0.0397. The quantitative estimate of drug-likeness (QED) is 0.664. The first-order chi connectivity index (χ1) is 10.1. The molecule has 0 saturated heterocycles. The molecule has 0 saturated carbocycles. The van der Waals surface area contributed by atoms with Crippen LogP contribution in [-0.4, -0.2) is 53.8 Å². The van der Waals surface area contributed by atoms with Crippen LogP contribution in [0.5, 0.6) is 5.75 Å². The molecule has 7 heteroatoms. The van der Waals surface area contributed by atoms with Gasteiger partial charge in [-0.25, -0.2) is 4.79 Å². The van der Waals surface area contributed by atoms with Crippen molar-refractivity contribution in [3.8, 4) is 5.75 Å². The molecule has 112 valence electrons. The van der Waals surface area contributed by atoms with Crippen LogP contribution in [0.2, 0.25) is 0 Å². The third kappa shape index (κ3) is 3.14. The lowest BCUT2D eigenvalue weighted by atomic mass is 10.2. The lowest BCUT2D eigenvalue weighted by molar-refractivity contribution is -0.136. The summed E-state index contributed by atoms with van der Waals surface area (Å²) < 4.78 is 4.67. The van der Waals surface area contributed by atoms with Gasteiger partial charge in [-0.2, -0.15) is 0 Å². The predicted molar refractivity (Wildman–Crippen MR) is 74.4 cm³/mol. The van der Waals surface area contributed by atoms with Crippen molar-refractivity contribution in [2.24, 2.45) is 0 Å². The Morgan fingerprint density at radius 2 is 2.24 bits per heavy atom. The van der Waals surface area contributed by atoms with Gasteiger partial charge < -0.3 is 25.2 Å². The van der Waals surface area contributed by atoms with Gasteiger partial charge in [-0.05, 0) is 12.1 Å².